The molecule has 0 heterocycles. The fourth-order valence-electron chi connectivity index (χ4n) is 0.318. The zero-order chi connectivity index (χ0) is 7.11. The quantitative estimate of drug-likeness (QED) is 0.309. The van der Waals surface area contributed by atoms with Gasteiger partial charge in [0.2, 0.25) is 0 Å². The highest BCUT2D eigenvalue weighted by Gasteiger charge is 1.78. The number of rotatable bonds is 3. The van der Waals surface area contributed by atoms with E-state index in [1.54, 1.807) is 32.6 Å². The minimum Gasteiger partial charge on any atom is -0.485 e. The first-order valence-corrected chi connectivity index (χ1v) is 2.51. The summed E-state index contributed by atoms with van der Waals surface area (Å²) in [5, 5.41) is 5.31. The molecule has 0 saturated carbocycles. The monoisotopic (exact) mass is 129 g/mol. The van der Waals surface area contributed by atoms with Gasteiger partial charge in [-0.2, -0.15) is 0 Å². The van der Waals surface area contributed by atoms with Gasteiger partial charge in [0.1, 0.15) is 6.34 Å². The minimum absolute atomic E-state index is 1.34. The summed E-state index contributed by atoms with van der Waals surface area (Å²) in [6.45, 7) is 0. The van der Waals surface area contributed by atoms with Crippen LogP contribution in [-0.2, 0) is 4.74 Å². The van der Waals surface area contributed by atoms with Crippen molar-refractivity contribution in [1.29, 1.82) is 0 Å². The van der Waals surface area contributed by atoms with Crippen molar-refractivity contribution < 1.29 is 4.74 Å². The van der Waals surface area contributed by atoms with Gasteiger partial charge in [-0.05, 0) is 0 Å². The van der Waals surface area contributed by atoms with Crippen molar-refractivity contribution in [3.63, 3.8) is 0 Å². The second kappa shape index (κ2) is 5.08. The molecule has 0 aliphatic rings. The first-order valence-electron chi connectivity index (χ1n) is 2.51. The van der Waals surface area contributed by atoms with Crippen LogP contribution in [0.5, 0.6) is 0 Å². The van der Waals surface area contributed by atoms with E-state index in [0.717, 1.165) is 0 Å². The predicted octanol–water partition coefficient (Wildman–Crippen LogP) is 0.166. The largest absolute Gasteiger partial charge is 0.485 e. The normalized spacial score (nSPS) is 11.0. The topological polar surface area (TPSA) is 37.2 Å². The fourth-order valence-corrected chi connectivity index (χ4v) is 0.318. The van der Waals surface area contributed by atoms with Crippen LogP contribution in [0.1, 0.15) is 0 Å². The molecule has 9 heavy (non-hydrogen) atoms. The molecule has 0 rings (SSSR count). The third kappa shape index (κ3) is 4.80. The lowest BCUT2D eigenvalue weighted by Crippen LogP contribution is -2.07. The molecule has 4 heteroatoms. The summed E-state index contributed by atoms with van der Waals surface area (Å²) in [5.74, 6) is 0. The molecule has 0 saturated heterocycles. The Bertz CT molecular complexity index is 111. The zero-order valence-electron chi connectivity index (χ0n) is 5.90. The lowest BCUT2D eigenvalue weighted by Gasteiger charge is -2.01. The van der Waals surface area contributed by atoms with Crippen molar-refractivity contribution in [3.8, 4) is 0 Å². The average Bonchev–Trinajstić information content (AvgIpc) is 1.85. The van der Waals surface area contributed by atoms with Gasteiger partial charge in [-0.1, -0.05) is 0 Å². The summed E-state index contributed by atoms with van der Waals surface area (Å²) in [6, 6.07) is 0. The van der Waals surface area contributed by atoms with E-state index in [1.807, 2.05) is 0 Å². The van der Waals surface area contributed by atoms with Gasteiger partial charge in [-0.15, -0.1) is 5.10 Å². The molecule has 0 aromatic heterocycles. The summed E-state index contributed by atoms with van der Waals surface area (Å²) < 4.78 is 4.56. The minimum atomic E-state index is 1.34. The number of hydrogen-bond donors (Lipinski definition) is 0. The number of nitrogens with zero attached hydrogens (tertiary/aromatic N) is 3. The lowest BCUT2D eigenvalue weighted by molar-refractivity contribution is 0.405. The van der Waals surface area contributed by atoms with Crippen LogP contribution in [0.3, 0.4) is 0 Å². The molecule has 0 atom stereocenters. The molecule has 0 N–H and O–H groups in total. The van der Waals surface area contributed by atoms with E-state index in [-0.39, 0.29) is 0 Å². The highest BCUT2D eigenvalue weighted by atomic mass is 16.5. The second-order valence-corrected chi connectivity index (χ2v) is 1.40. The van der Waals surface area contributed by atoms with E-state index in [0.29, 0.717) is 0 Å². The van der Waals surface area contributed by atoms with Crippen molar-refractivity contribution in [2.45, 2.75) is 0 Å². The van der Waals surface area contributed by atoms with E-state index in [1.165, 1.54) is 6.40 Å². The number of ether oxygens (including phenoxy) is 1. The maximum Gasteiger partial charge on any atom is 0.192 e. The Kier molecular flexibility index (Phi) is 4.49. The SMILES string of the molecule is C/N=C\N(C)/N=C/OC. The van der Waals surface area contributed by atoms with Crippen molar-refractivity contribution in [2.75, 3.05) is 21.2 Å². The Morgan fingerprint density at radius 1 is 1.56 bits per heavy atom. The molecule has 0 unspecified atom stereocenters. The molecule has 0 aromatic carbocycles. The van der Waals surface area contributed by atoms with E-state index >= 15 is 0 Å². The first kappa shape index (κ1) is 7.94. The maximum atomic E-state index is 4.56. The average molecular weight is 129 g/mol. The van der Waals surface area contributed by atoms with Gasteiger partial charge in [0.25, 0.3) is 0 Å². The van der Waals surface area contributed by atoms with Crippen LogP contribution in [0.25, 0.3) is 0 Å². The molecule has 0 bridgehead atoms. The van der Waals surface area contributed by atoms with Gasteiger partial charge >= 0.3 is 0 Å². The summed E-state index contributed by atoms with van der Waals surface area (Å²) in [4.78, 5) is 3.72. The smallest absolute Gasteiger partial charge is 0.192 e. The Labute approximate surface area is 54.8 Å². The Morgan fingerprint density at radius 3 is 2.67 bits per heavy atom. The van der Waals surface area contributed by atoms with E-state index < -0.39 is 0 Å². The molecule has 52 valence electrons. The van der Waals surface area contributed by atoms with E-state index in [4.69, 9.17) is 0 Å². The number of hydrogen-bond acceptors (Lipinski definition) is 3. The molecule has 0 radical (unpaired) electrons. The van der Waals surface area contributed by atoms with Gasteiger partial charge in [0.05, 0.1) is 7.11 Å². The Hall–Kier alpha value is -1.06. The van der Waals surface area contributed by atoms with E-state index in [2.05, 4.69) is 14.8 Å². The Morgan fingerprint density at radius 2 is 2.22 bits per heavy atom. The molecule has 0 aliphatic carbocycles. The molecule has 0 amide bonds. The molecular weight excluding hydrogens is 118 g/mol. The molecule has 0 spiro atoms. The van der Waals surface area contributed by atoms with Gasteiger partial charge in [-0.25, -0.2) is 0 Å². The molecule has 0 aliphatic heterocycles. The summed E-state index contributed by atoms with van der Waals surface area (Å²) in [5.41, 5.74) is 0. The Balaban J connectivity index is 3.48. The van der Waals surface area contributed by atoms with Gasteiger partial charge in [-0.3, -0.25) is 10.0 Å². The van der Waals surface area contributed by atoms with Crippen LogP contribution < -0.4 is 0 Å². The molecule has 4 nitrogen and oxygen atoms in total. The van der Waals surface area contributed by atoms with Gasteiger partial charge < -0.3 is 4.74 Å². The first-order chi connectivity index (χ1) is 4.31. The molecular formula is C5H11N3O. The third-order valence-electron chi connectivity index (χ3n) is 0.617. The standard InChI is InChI=1S/C5H11N3O/c1-6-4-8(2)7-5-9-3/h4-5H,1-3H3/b6-4-,7-5+. The highest BCUT2D eigenvalue weighted by molar-refractivity contribution is 5.56. The summed E-state index contributed by atoms with van der Waals surface area (Å²) in [6.07, 6.45) is 2.91. The van der Waals surface area contributed by atoms with Gasteiger partial charge in [0, 0.05) is 14.1 Å². The van der Waals surface area contributed by atoms with Crippen LogP contribution >= 0.6 is 0 Å². The summed E-state index contributed by atoms with van der Waals surface area (Å²) >= 11 is 0. The number of aliphatic imine (C=N–C) groups is 1. The number of hydrazone groups is 1. The summed E-state index contributed by atoms with van der Waals surface area (Å²) in [7, 11) is 4.99. The highest BCUT2D eigenvalue weighted by Crippen LogP contribution is 1.74. The second-order valence-electron chi connectivity index (χ2n) is 1.40. The molecule has 0 aromatic rings. The van der Waals surface area contributed by atoms with E-state index in [9.17, 15) is 0 Å². The van der Waals surface area contributed by atoms with Crippen molar-refractivity contribution in [2.24, 2.45) is 10.1 Å². The van der Waals surface area contributed by atoms with Crippen LogP contribution in [0.2, 0.25) is 0 Å². The zero-order valence-corrected chi connectivity index (χ0v) is 5.90. The van der Waals surface area contributed by atoms with Crippen LogP contribution in [-0.4, -0.2) is 39.0 Å². The lowest BCUT2D eigenvalue weighted by atomic mass is 11.1. The third-order valence-corrected chi connectivity index (χ3v) is 0.617. The van der Waals surface area contributed by atoms with Crippen molar-refractivity contribution in [1.82, 2.24) is 5.01 Å². The number of methoxy groups -OCH3 is 1. The van der Waals surface area contributed by atoms with Crippen LogP contribution in [0.15, 0.2) is 10.1 Å². The van der Waals surface area contributed by atoms with Crippen molar-refractivity contribution in [3.05, 3.63) is 0 Å². The molecule has 0 fully saturated rings. The van der Waals surface area contributed by atoms with Gasteiger partial charge in [0.15, 0.2) is 6.40 Å². The van der Waals surface area contributed by atoms with Crippen LogP contribution in [0, 0.1) is 0 Å². The predicted molar refractivity (Wildman–Crippen MR) is 37.7 cm³/mol. The fraction of sp³-hybridized carbons (Fsp3) is 0.600. The van der Waals surface area contributed by atoms with Crippen LogP contribution in [0.4, 0.5) is 0 Å². The maximum absolute atomic E-state index is 4.56. The van der Waals surface area contributed by atoms with Crippen molar-refractivity contribution >= 4 is 12.7 Å².